The predicted octanol–water partition coefficient (Wildman–Crippen LogP) is 2.27. The second-order valence-corrected chi connectivity index (χ2v) is 4.62. The van der Waals surface area contributed by atoms with Crippen molar-refractivity contribution in [2.45, 2.75) is 26.2 Å². The van der Waals surface area contributed by atoms with Crippen LogP contribution >= 0.6 is 0 Å². The molecule has 0 fully saturated rings. The molecule has 1 atom stereocenters. The number of allylic oxidation sites excluding steroid dienone is 1. The smallest absolute Gasteiger partial charge is 0.336 e. The van der Waals surface area contributed by atoms with Crippen molar-refractivity contribution in [3.63, 3.8) is 0 Å². The minimum atomic E-state index is -0.445. The van der Waals surface area contributed by atoms with E-state index in [1.807, 2.05) is 0 Å². The zero-order valence-corrected chi connectivity index (χ0v) is 11.4. The number of amides is 1. The lowest BCUT2D eigenvalue weighted by Gasteiger charge is -2.26. The molecular weight excluding hydrogens is 261 g/mol. The van der Waals surface area contributed by atoms with Gasteiger partial charge in [0.2, 0.25) is 5.91 Å². The average molecular weight is 277 g/mol. The minimum Gasteiger partial charge on any atom is -0.463 e. The van der Waals surface area contributed by atoms with Gasteiger partial charge in [0.25, 0.3) is 0 Å². The van der Waals surface area contributed by atoms with Gasteiger partial charge in [-0.1, -0.05) is 12.1 Å². The molecule has 0 radical (unpaired) electrons. The summed E-state index contributed by atoms with van der Waals surface area (Å²) in [4.78, 5) is 23.7. The van der Waals surface area contributed by atoms with Crippen LogP contribution in [0.25, 0.3) is 0 Å². The Morgan fingerprint density at radius 2 is 2.05 bits per heavy atom. The van der Waals surface area contributed by atoms with Gasteiger partial charge in [0.15, 0.2) is 0 Å². The number of halogens is 1. The van der Waals surface area contributed by atoms with Gasteiger partial charge >= 0.3 is 5.97 Å². The third-order valence-corrected chi connectivity index (χ3v) is 3.24. The fourth-order valence-electron chi connectivity index (χ4n) is 2.36. The van der Waals surface area contributed by atoms with Crippen LogP contribution in [0.15, 0.2) is 35.5 Å². The van der Waals surface area contributed by atoms with E-state index in [1.54, 1.807) is 26.0 Å². The molecule has 5 heteroatoms. The van der Waals surface area contributed by atoms with E-state index in [2.05, 4.69) is 5.32 Å². The van der Waals surface area contributed by atoms with Crippen LogP contribution in [0, 0.1) is 5.82 Å². The van der Waals surface area contributed by atoms with E-state index in [1.165, 1.54) is 12.1 Å². The first-order valence-corrected chi connectivity index (χ1v) is 6.46. The quantitative estimate of drug-likeness (QED) is 0.862. The normalized spacial score (nSPS) is 18.8. The van der Waals surface area contributed by atoms with E-state index >= 15 is 0 Å². The molecule has 0 saturated carbocycles. The van der Waals surface area contributed by atoms with Gasteiger partial charge in [-0.05, 0) is 31.5 Å². The van der Waals surface area contributed by atoms with Crippen LogP contribution in [0.2, 0.25) is 0 Å². The average Bonchev–Trinajstić information content (AvgIpc) is 2.38. The molecule has 1 aromatic carbocycles. The van der Waals surface area contributed by atoms with E-state index < -0.39 is 11.9 Å². The van der Waals surface area contributed by atoms with Crippen molar-refractivity contribution in [3.05, 3.63) is 46.9 Å². The molecule has 0 aliphatic carbocycles. The van der Waals surface area contributed by atoms with Crippen molar-refractivity contribution >= 4 is 11.9 Å². The highest BCUT2D eigenvalue weighted by atomic mass is 19.1. The van der Waals surface area contributed by atoms with Gasteiger partial charge in [0.05, 0.1) is 12.2 Å². The van der Waals surface area contributed by atoms with Crippen molar-refractivity contribution < 1.29 is 18.7 Å². The van der Waals surface area contributed by atoms with Crippen LogP contribution in [0.3, 0.4) is 0 Å². The number of nitrogens with one attached hydrogen (secondary N) is 1. The summed E-state index contributed by atoms with van der Waals surface area (Å²) in [6.07, 6.45) is 0.150. The number of carbonyl (C=O) groups is 2. The molecular formula is C15H16FNO3. The number of benzene rings is 1. The lowest BCUT2D eigenvalue weighted by atomic mass is 9.84. The Morgan fingerprint density at radius 1 is 1.40 bits per heavy atom. The molecule has 106 valence electrons. The van der Waals surface area contributed by atoms with Gasteiger partial charge < -0.3 is 10.1 Å². The van der Waals surface area contributed by atoms with Gasteiger partial charge in [-0.2, -0.15) is 0 Å². The molecule has 0 bridgehead atoms. The van der Waals surface area contributed by atoms with E-state index in [9.17, 15) is 14.0 Å². The Bertz CT molecular complexity index is 563. The number of esters is 1. The standard InChI is InChI=1S/C15H16FNO3/c1-3-20-15(19)14-9(2)17-13(18)8-12(14)10-4-6-11(16)7-5-10/h4-7,12H,3,8H2,1-2H3,(H,17,18)/t12-/m0/s1. The molecule has 0 aromatic heterocycles. The molecule has 2 rings (SSSR count). The van der Waals surface area contributed by atoms with E-state index in [0.717, 1.165) is 5.56 Å². The number of hydrogen-bond acceptors (Lipinski definition) is 3. The Hall–Kier alpha value is -2.17. The first-order valence-electron chi connectivity index (χ1n) is 6.46. The summed E-state index contributed by atoms with van der Waals surface area (Å²) >= 11 is 0. The SMILES string of the molecule is CCOC(=O)C1=C(C)NC(=O)C[C@H]1c1ccc(F)cc1. The van der Waals surface area contributed by atoms with Gasteiger partial charge in [0.1, 0.15) is 5.82 Å². The van der Waals surface area contributed by atoms with Crippen LogP contribution in [0.1, 0.15) is 31.7 Å². The molecule has 1 N–H and O–H groups in total. The summed E-state index contributed by atoms with van der Waals surface area (Å²) in [6, 6.07) is 5.82. The maximum Gasteiger partial charge on any atom is 0.336 e. The van der Waals surface area contributed by atoms with Gasteiger partial charge in [-0.25, -0.2) is 9.18 Å². The van der Waals surface area contributed by atoms with E-state index in [4.69, 9.17) is 4.74 Å². The first-order chi connectivity index (χ1) is 9.52. The summed E-state index contributed by atoms with van der Waals surface area (Å²) in [5.41, 5.74) is 1.65. The van der Waals surface area contributed by atoms with Crippen LogP contribution in [0.5, 0.6) is 0 Å². The summed E-state index contributed by atoms with van der Waals surface area (Å²) in [5.74, 6) is -1.36. The number of hydrogen-bond donors (Lipinski definition) is 1. The van der Waals surface area contributed by atoms with Crippen molar-refractivity contribution in [2.75, 3.05) is 6.61 Å². The topological polar surface area (TPSA) is 55.4 Å². The Morgan fingerprint density at radius 3 is 2.65 bits per heavy atom. The second kappa shape index (κ2) is 5.86. The minimum absolute atomic E-state index is 0.150. The number of carbonyl (C=O) groups excluding carboxylic acids is 2. The molecule has 0 saturated heterocycles. The molecule has 1 amide bonds. The molecule has 0 unspecified atom stereocenters. The Labute approximate surface area is 116 Å². The monoisotopic (exact) mass is 277 g/mol. The third-order valence-electron chi connectivity index (χ3n) is 3.24. The molecule has 20 heavy (non-hydrogen) atoms. The zero-order valence-electron chi connectivity index (χ0n) is 11.4. The first kappa shape index (κ1) is 14.2. The summed E-state index contributed by atoms with van der Waals surface area (Å²) < 4.78 is 18.0. The van der Waals surface area contributed by atoms with Gasteiger partial charge in [-0.3, -0.25) is 4.79 Å². The van der Waals surface area contributed by atoms with Crippen molar-refractivity contribution in [3.8, 4) is 0 Å². The summed E-state index contributed by atoms with van der Waals surface area (Å²) in [5, 5.41) is 2.65. The number of rotatable bonds is 3. The molecule has 1 heterocycles. The van der Waals surface area contributed by atoms with E-state index in [0.29, 0.717) is 11.3 Å². The van der Waals surface area contributed by atoms with Crippen LogP contribution in [0.4, 0.5) is 4.39 Å². The van der Waals surface area contributed by atoms with Crippen molar-refractivity contribution in [2.24, 2.45) is 0 Å². The molecule has 4 nitrogen and oxygen atoms in total. The number of ether oxygens (including phenoxy) is 1. The Kier molecular flexibility index (Phi) is 4.17. The fourth-order valence-corrected chi connectivity index (χ4v) is 2.36. The maximum absolute atomic E-state index is 13.0. The fraction of sp³-hybridized carbons (Fsp3) is 0.333. The highest BCUT2D eigenvalue weighted by Gasteiger charge is 2.32. The highest BCUT2D eigenvalue weighted by Crippen LogP contribution is 2.33. The summed E-state index contributed by atoms with van der Waals surface area (Å²) in [7, 11) is 0. The van der Waals surface area contributed by atoms with Gasteiger partial charge in [-0.15, -0.1) is 0 Å². The zero-order chi connectivity index (χ0) is 14.7. The molecule has 1 aliphatic heterocycles. The lowest BCUT2D eigenvalue weighted by Crippen LogP contribution is -2.34. The molecule has 1 aromatic rings. The largest absolute Gasteiger partial charge is 0.463 e. The Balaban J connectivity index is 2.41. The van der Waals surface area contributed by atoms with E-state index in [-0.39, 0.29) is 24.8 Å². The summed E-state index contributed by atoms with van der Waals surface area (Å²) in [6.45, 7) is 3.65. The van der Waals surface area contributed by atoms with Crippen LogP contribution in [-0.4, -0.2) is 18.5 Å². The maximum atomic E-state index is 13.0. The van der Waals surface area contributed by atoms with Crippen molar-refractivity contribution in [1.29, 1.82) is 0 Å². The lowest BCUT2D eigenvalue weighted by molar-refractivity contribution is -0.139. The molecule has 0 spiro atoms. The predicted molar refractivity (Wildman–Crippen MR) is 71.2 cm³/mol. The van der Waals surface area contributed by atoms with Crippen LogP contribution in [-0.2, 0) is 14.3 Å². The van der Waals surface area contributed by atoms with Gasteiger partial charge in [0, 0.05) is 18.0 Å². The van der Waals surface area contributed by atoms with Crippen LogP contribution < -0.4 is 5.32 Å². The second-order valence-electron chi connectivity index (χ2n) is 4.62. The molecule has 1 aliphatic rings. The third kappa shape index (κ3) is 2.87. The highest BCUT2D eigenvalue weighted by molar-refractivity contribution is 5.95. The van der Waals surface area contributed by atoms with Crippen molar-refractivity contribution in [1.82, 2.24) is 5.32 Å².